The van der Waals surface area contributed by atoms with Crippen molar-refractivity contribution in [3.63, 3.8) is 0 Å². The van der Waals surface area contributed by atoms with Crippen molar-refractivity contribution in [1.29, 1.82) is 0 Å². The van der Waals surface area contributed by atoms with E-state index in [2.05, 4.69) is 5.32 Å². The van der Waals surface area contributed by atoms with Crippen LogP contribution in [-0.2, 0) is 26.2 Å². The van der Waals surface area contributed by atoms with Crippen molar-refractivity contribution in [2.45, 2.75) is 50.6 Å². The maximum absolute atomic E-state index is 13.3. The summed E-state index contributed by atoms with van der Waals surface area (Å²) in [6, 6.07) is 17.3. The molecular formula is C27H30ClN3O4S. The molecule has 0 fully saturated rings. The topological polar surface area (TPSA) is 86.8 Å². The first-order valence-corrected chi connectivity index (χ1v) is 13.9. The molecule has 0 aliphatic carbocycles. The Morgan fingerprint density at radius 2 is 1.75 bits per heavy atom. The Hall–Kier alpha value is -3.10. The van der Waals surface area contributed by atoms with Gasteiger partial charge < -0.3 is 10.2 Å². The first-order chi connectivity index (χ1) is 17.2. The van der Waals surface area contributed by atoms with Crippen LogP contribution in [0.15, 0.2) is 65.6 Å². The van der Waals surface area contributed by atoms with Crippen LogP contribution in [0.25, 0.3) is 10.8 Å². The Labute approximate surface area is 217 Å². The van der Waals surface area contributed by atoms with Gasteiger partial charge >= 0.3 is 0 Å². The number of amides is 2. The fourth-order valence-corrected chi connectivity index (χ4v) is 6.36. The molecule has 0 bridgehead atoms. The number of nitrogens with zero attached hydrogens (tertiary/aromatic N) is 2. The summed E-state index contributed by atoms with van der Waals surface area (Å²) in [5, 5.41) is 5.03. The van der Waals surface area contributed by atoms with E-state index in [1.165, 1.54) is 4.31 Å². The Morgan fingerprint density at radius 1 is 1.06 bits per heavy atom. The van der Waals surface area contributed by atoms with Crippen molar-refractivity contribution in [2.24, 2.45) is 0 Å². The highest BCUT2D eigenvalue weighted by molar-refractivity contribution is 7.93. The lowest BCUT2D eigenvalue weighted by molar-refractivity contribution is -0.140. The molecule has 9 heteroatoms. The van der Waals surface area contributed by atoms with Crippen molar-refractivity contribution >= 4 is 49.9 Å². The number of rotatable bonds is 10. The Bertz CT molecular complexity index is 1370. The lowest BCUT2D eigenvalue weighted by Gasteiger charge is -2.29. The van der Waals surface area contributed by atoms with Gasteiger partial charge in [-0.1, -0.05) is 54.9 Å². The third-order valence-corrected chi connectivity index (χ3v) is 8.52. The molecule has 36 heavy (non-hydrogen) atoms. The zero-order chi connectivity index (χ0) is 25.9. The van der Waals surface area contributed by atoms with Crippen LogP contribution in [0.1, 0.15) is 38.7 Å². The predicted octanol–water partition coefficient (Wildman–Crippen LogP) is 4.73. The van der Waals surface area contributed by atoms with Crippen molar-refractivity contribution in [1.82, 2.24) is 10.2 Å². The van der Waals surface area contributed by atoms with Gasteiger partial charge in [0.25, 0.3) is 10.0 Å². The lowest BCUT2D eigenvalue weighted by atomic mass is 10.1. The molecule has 3 aromatic carbocycles. The normalized spacial score (nSPS) is 14.6. The van der Waals surface area contributed by atoms with Gasteiger partial charge in [-0.15, -0.1) is 0 Å². The number of nitrogens with one attached hydrogen (secondary N) is 1. The van der Waals surface area contributed by atoms with Crippen LogP contribution < -0.4 is 9.62 Å². The smallest absolute Gasteiger partial charge is 0.265 e. The van der Waals surface area contributed by atoms with Crippen LogP contribution in [0.2, 0.25) is 5.02 Å². The summed E-state index contributed by atoms with van der Waals surface area (Å²) in [5.41, 5.74) is 1.49. The highest BCUT2D eigenvalue weighted by Crippen LogP contribution is 2.42. The molecule has 190 valence electrons. The molecule has 0 saturated carbocycles. The van der Waals surface area contributed by atoms with Gasteiger partial charge in [-0.3, -0.25) is 13.9 Å². The first kappa shape index (κ1) is 26.0. The Balaban J connectivity index is 1.48. The van der Waals surface area contributed by atoms with Crippen molar-refractivity contribution in [3.05, 3.63) is 71.2 Å². The van der Waals surface area contributed by atoms with Crippen molar-refractivity contribution in [2.75, 3.05) is 17.4 Å². The SMILES string of the molecule is CCCNC(=O)[C@H](C)N(Cc1ccc(Cl)cc1)C(=O)CCCN1c2cccc3cccc(c23)S1(=O)=O. The largest absolute Gasteiger partial charge is 0.354 e. The van der Waals surface area contributed by atoms with E-state index >= 15 is 0 Å². The minimum atomic E-state index is -3.68. The van der Waals surface area contributed by atoms with E-state index in [1.54, 1.807) is 42.2 Å². The van der Waals surface area contributed by atoms with Gasteiger partial charge in [0.2, 0.25) is 11.8 Å². The second-order valence-corrected chi connectivity index (χ2v) is 11.2. The number of carbonyl (C=O) groups is 2. The minimum absolute atomic E-state index is 0.108. The zero-order valence-corrected chi connectivity index (χ0v) is 22.0. The third kappa shape index (κ3) is 5.20. The maximum atomic E-state index is 13.3. The molecule has 1 N–H and O–H groups in total. The number of sulfonamides is 1. The summed E-state index contributed by atoms with van der Waals surface area (Å²) >= 11 is 6.00. The summed E-state index contributed by atoms with van der Waals surface area (Å²) in [6.07, 6.45) is 1.23. The number of halogens is 1. The first-order valence-electron chi connectivity index (χ1n) is 12.1. The number of anilines is 1. The van der Waals surface area contributed by atoms with Gasteiger partial charge in [0.15, 0.2) is 0 Å². The van der Waals surface area contributed by atoms with Gasteiger partial charge in [-0.05, 0) is 55.0 Å². The van der Waals surface area contributed by atoms with E-state index in [9.17, 15) is 18.0 Å². The van der Waals surface area contributed by atoms with Crippen molar-refractivity contribution < 1.29 is 18.0 Å². The molecule has 0 saturated heterocycles. The van der Waals surface area contributed by atoms with E-state index in [0.717, 1.165) is 22.8 Å². The van der Waals surface area contributed by atoms with E-state index < -0.39 is 16.1 Å². The summed E-state index contributed by atoms with van der Waals surface area (Å²) < 4.78 is 27.8. The molecule has 0 unspecified atom stereocenters. The molecule has 0 spiro atoms. The fraction of sp³-hybridized carbons (Fsp3) is 0.333. The van der Waals surface area contributed by atoms with E-state index in [1.807, 2.05) is 37.3 Å². The van der Waals surface area contributed by atoms with Crippen molar-refractivity contribution in [3.8, 4) is 0 Å². The van der Waals surface area contributed by atoms with Crippen LogP contribution >= 0.6 is 11.6 Å². The molecule has 1 heterocycles. The zero-order valence-electron chi connectivity index (χ0n) is 20.4. The van der Waals surface area contributed by atoms with Crippen LogP contribution in [0.4, 0.5) is 5.69 Å². The highest BCUT2D eigenvalue weighted by Gasteiger charge is 2.35. The fourth-order valence-electron chi connectivity index (χ4n) is 4.48. The average Bonchev–Trinajstić information content (AvgIpc) is 3.09. The van der Waals surface area contributed by atoms with Crippen LogP contribution in [0.3, 0.4) is 0 Å². The summed E-state index contributed by atoms with van der Waals surface area (Å²) in [7, 11) is -3.68. The molecule has 7 nitrogen and oxygen atoms in total. The number of benzene rings is 3. The maximum Gasteiger partial charge on any atom is 0.265 e. The molecule has 4 rings (SSSR count). The molecule has 0 aromatic heterocycles. The third-order valence-electron chi connectivity index (χ3n) is 6.42. The Kier molecular flexibility index (Phi) is 7.85. The monoisotopic (exact) mass is 527 g/mol. The van der Waals surface area contributed by atoms with Gasteiger partial charge in [0.05, 0.1) is 10.6 Å². The Morgan fingerprint density at radius 3 is 2.44 bits per heavy atom. The van der Waals surface area contributed by atoms with E-state index in [4.69, 9.17) is 11.6 Å². The van der Waals surface area contributed by atoms with Gasteiger partial charge in [0, 0.05) is 36.5 Å². The predicted molar refractivity (Wildman–Crippen MR) is 142 cm³/mol. The van der Waals surface area contributed by atoms with Crippen LogP contribution in [0.5, 0.6) is 0 Å². The van der Waals surface area contributed by atoms with Crippen LogP contribution in [-0.4, -0.2) is 44.3 Å². The highest BCUT2D eigenvalue weighted by atomic mass is 35.5. The lowest BCUT2D eigenvalue weighted by Crippen LogP contribution is -2.47. The molecule has 0 radical (unpaired) electrons. The molecule has 2 amide bonds. The van der Waals surface area contributed by atoms with Gasteiger partial charge in [-0.2, -0.15) is 0 Å². The molecule has 3 aromatic rings. The number of carbonyl (C=O) groups excluding carboxylic acids is 2. The summed E-state index contributed by atoms with van der Waals surface area (Å²) in [4.78, 5) is 27.9. The standard InChI is InChI=1S/C27H30ClN3O4S/c1-3-16-29-27(33)19(2)30(18-20-12-14-22(28)15-13-20)25(32)11-6-17-31-23-9-4-7-21-8-5-10-24(26(21)23)36(31,34)35/h4-5,7-10,12-15,19H,3,6,11,16-18H2,1-2H3,(H,29,33)/t19-/m0/s1. The quantitative estimate of drug-likeness (QED) is 0.413. The van der Waals surface area contributed by atoms with Gasteiger partial charge in [0.1, 0.15) is 6.04 Å². The minimum Gasteiger partial charge on any atom is -0.354 e. The second kappa shape index (κ2) is 10.9. The molecule has 1 aliphatic rings. The molecule has 1 aliphatic heterocycles. The molecule has 1 atom stereocenters. The number of hydrogen-bond acceptors (Lipinski definition) is 4. The average molecular weight is 528 g/mol. The number of hydrogen-bond donors (Lipinski definition) is 1. The van der Waals surface area contributed by atoms with E-state index in [-0.39, 0.29) is 31.3 Å². The van der Waals surface area contributed by atoms with Crippen LogP contribution in [0, 0.1) is 0 Å². The molecular weight excluding hydrogens is 498 g/mol. The van der Waals surface area contributed by atoms with Gasteiger partial charge in [-0.25, -0.2) is 8.42 Å². The second-order valence-electron chi connectivity index (χ2n) is 8.93. The van der Waals surface area contributed by atoms with E-state index in [0.29, 0.717) is 28.6 Å². The summed E-state index contributed by atoms with van der Waals surface area (Å²) in [6.45, 7) is 4.63. The summed E-state index contributed by atoms with van der Waals surface area (Å²) in [5.74, 6) is -0.431.